The molecule has 2 nitrogen and oxygen atoms in total. The molecule has 0 N–H and O–H groups in total. The van der Waals surface area contributed by atoms with Gasteiger partial charge in [-0.3, -0.25) is 0 Å². The minimum atomic E-state index is 0.451. The van der Waals surface area contributed by atoms with Crippen LogP contribution >= 0.6 is 11.8 Å². The number of rotatable bonds is 2. The Hall–Kier alpha value is -0.880. The zero-order chi connectivity index (χ0) is 7.40. The molecule has 0 spiro atoms. The molecule has 0 aromatic carbocycles. The van der Waals surface area contributed by atoms with Gasteiger partial charge < -0.3 is 4.42 Å². The van der Waals surface area contributed by atoms with E-state index in [-0.39, 0.29) is 0 Å². The number of furan rings is 1. The molecule has 1 aromatic heterocycles. The third-order valence-electron chi connectivity index (χ3n) is 0.995. The molecule has 1 aromatic rings. The van der Waals surface area contributed by atoms with E-state index in [0.717, 1.165) is 10.9 Å². The predicted molar refractivity (Wildman–Crippen MR) is 39.8 cm³/mol. The number of hydrogen-bond donors (Lipinski definition) is 0. The van der Waals surface area contributed by atoms with Gasteiger partial charge in [0.2, 0.25) is 0 Å². The first-order chi connectivity index (χ1) is 4.83. The minimum absolute atomic E-state index is 0.451. The molecule has 0 fully saturated rings. The lowest BCUT2D eigenvalue weighted by atomic mass is 10.5. The van der Waals surface area contributed by atoms with Crippen molar-refractivity contribution in [3.8, 4) is 6.07 Å². The van der Waals surface area contributed by atoms with Crippen LogP contribution in [0.3, 0.4) is 0 Å². The van der Waals surface area contributed by atoms with Crippen molar-refractivity contribution in [1.82, 2.24) is 0 Å². The first-order valence-electron chi connectivity index (χ1n) is 2.89. The highest BCUT2D eigenvalue weighted by Gasteiger charge is 1.96. The Morgan fingerprint density at radius 2 is 2.50 bits per heavy atom. The fourth-order valence-corrected chi connectivity index (χ4v) is 1.15. The summed E-state index contributed by atoms with van der Waals surface area (Å²) in [7, 11) is 0. The first kappa shape index (κ1) is 7.23. The summed E-state index contributed by atoms with van der Waals surface area (Å²) in [6, 6.07) is 5.79. The van der Waals surface area contributed by atoms with E-state index in [1.165, 1.54) is 11.8 Å². The van der Waals surface area contributed by atoms with Crippen LogP contribution in [0.2, 0.25) is 0 Å². The Labute approximate surface area is 63.8 Å². The van der Waals surface area contributed by atoms with Crippen molar-refractivity contribution in [3.05, 3.63) is 17.9 Å². The van der Waals surface area contributed by atoms with Crippen molar-refractivity contribution in [1.29, 1.82) is 5.26 Å². The fourth-order valence-electron chi connectivity index (χ4n) is 0.593. The van der Waals surface area contributed by atoms with Gasteiger partial charge in [-0.05, 0) is 19.1 Å². The highest BCUT2D eigenvalue weighted by Crippen LogP contribution is 2.19. The predicted octanol–water partition coefficient (Wildman–Crippen LogP) is 2.20. The molecular weight excluding hydrogens is 146 g/mol. The van der Waals surface area contributed by atoms with Gasteiger partial charge in [0.15, 0.2) is 5.09 Å². The molecule has 0 aliphatic heterocycles. The van der Waals surface area contributed by atoms with E-state index < -0.39 is 0 Å². The van der Waals surface area contributed by atoms with Gasteiger partial charge in [-0.25, -0.2) is 0 Å². The van der Waals surface area contributed by atoms with Crippen molar-refractivity contribution in [2.75, 3.05) is 5.75 Å². The van der Waals surface area contributed by atoms with Gasteiger partial charge in [-0.15, -0.1) is 0 Å². The lowest BCUT2D eigenvalue weighted by Crippen LogP contribution is -1.66. The summed E-state index contributed by atoms with van der Waals surface area (Å²) < 4.78 is 5.20. The average molecular weight is 153 g/mol. The second-order valence-corrected chi connectivity index (χ2v) is 2.79. The molecule has 1 rings (SSSR count). The Bertz CT molecular complexity index is 248. The molecule has 3 heteroatoms. The summed E-state index contributed by atoms with van der Waals surface area (Å²) >= 11 is 1.41. The molecule has 0 unspecified atom stereocenters. The van der Waals surface area contributed by atoms with Crippen LogP contribution in [0, 0.1) is 18.3 Å². The van der Waals surface area contributed by atoms with Gasteiger partial charge in [0.05, 0.1) is 11.8 Å². The van der Waals surface area contributed by atoms with E-state index in [2.05, 4.69) is 0 Å². The van der Waals surface area contributed by atoms with E-state index in [9.17, 15) is 0 Å². The normalized spacial score (nSPS) is 9.20. The van der Waals surface area contributed by atoms with Crippen LogP contribution in [-0.2, 0) is 0 Å². The molecule has 0 bridgehead atoms. The van der Waals surface area contributed by atoms with Crippen molar-refractivity contribution >= 4 is 11.8 Å². The summed E-state index contributed by atoms with van der Waals surface area (Å²) in [6.45, 7) is 1.89. The molecule has 0 aliphatic rings. The monoisotopic (exact) mass is 153 g/mol. The fraction of sp³-hybridized carbons (Fsp3) is 0.286. The van der Waals surface area contributed by atoms with Gasteiger partial charge in [-0.2, -0.15) is 5.26 Å². The maximum absolute atomic E-state index is 8.22. The van der Waals surface area contributed by atoms with Crippen LogP contribution in [-0.4, -0.2) is 5.75 Å². The highest BCUT2D eigenvalue weighted by atomic mass is 32.2. The van der Waals surface area contributed by atoms with Crippen LogP contribution in [0.4, 0.5) is 0 Å². The Morgan fingerprint density at radius 1 is 1.70 bits per heavy atom. The molecule has 1 heterocycles. The van der Waals surface area contributed by atoms with Crippen molar-refractivity contribution < 1.29 is 4.42 Å². The summed E-state index contributed by atoms with van der Waals surface area (Å²) in [5, 5.41) is 9.04. The third kappa shape index (κ3) is 1.82. The molecule has 0 amide bonds. The molecule has 0 aliphatic carbocycles. The second kappa shape index (κ2) is 3.33. The van der Waals surface area contributed by atoms with E-state index >= 15 is 0 Å². The van der Waals surface area contributed by atoms with Crippen LogP contribution in [0.5, 0.6) is 0 Å². The molecule has 0 saturated carbocycles. The number of nitriles is 1. The van der Waals surface area contributed by atoms with Crippen molar-refractivity contribution in [3.63, 3.8) is 0 Å². The van der Waals surface area contributed by atoms with Gasteiger partial charge in [0, 0.05) is 0 Å². The van der Waals surface area contributed by atoms with Gasteiger partial charge in [0.1, 0.15) is 5.76 Å². The van der Waals surface area contributed by atoms with E-state index in [4.69, 9.17) is 9.68 Å². The highest BCUT2D eigenvalue weighted by molar-refractivity contribution is 7.99. The zero-order valence-corrected chi connectivity index (χ0v) is 6.44. The summed E-state index contributed by atoms with van der Waals surface area (Å²) in [4.78, 5) is 0. The van der Waals surface area contributed by atoms with Crippen molar-refractivity contribution in [2.45, 2.75) is 12.0 Å². The van der Waals surface area contributed by atoms with Gasteiger partial charge in [0.25, 0.3) is 0 Å². The smallest absolute Gasteiger partial charge is 0.161 e. The van der Waals surface area contributed by atoms with Gasteiger partial charge in [-0.1, -0.05) is 11.8 Å². The number of aryl methyl sites for hydroxylation is 1. The first-order valence-corrected chi connectivity index (χ1v) is 3.87. The lowest BCUT2D eigenvalue weighted by Gasteiger charge is -1.86. The third-order valence-corrected chi connectivity index (χ3v) is 1.77. The Balaban J connectivity index is 2.52. The lowest BCUT2D eigenvalue weighted by molar-refractivity contribution is 0.449. The number of nitrogens with zero attached hydrogens (tertiary/aromatic N) is 1. The van der Waals surface area contributed by atoms with E-state index in [1.54, 1.807) is 0 Å². The SMILES string of the molecule is Cc1ccc(SCC#N)o1. The molecular formula is C7H7NOS. The Kier molecular flexibility index (Phi) is 2.41. The molecule has 10 heavy (non-hydrogen) atoms. The summed E-state index contributed by atoms with van der Waals surface area (Å²) in [5.41, 5.74) is 0. The largest absolute Gasteiger partial charge is 0.455 e. The molecule has 52 valence electrons. The standard InChI is InChI=1S/C7H7NOS/c1-6-2-3-7(9-6)10-5-4-8/h2-3H,5H2,1H3. The topological polar surface area (TPSA) is 36.9 Å². The summed E-state index contributed by atoms with van der Waals surface area (Å²) in [5.74, 6) is 1.34. The maximum atomic E-state index is 8.22. The quantitative estimate of drug-likeness (QED) is 0.611. The average Bonchev–Trinajstić information content (AvgIpc) is 2.31. The number of thioether (sulfide) groups is 1. The summed E-state index contributed by atoms with van der Waals surface area (Å²) in [6.07, 6.45) is 0. The molecule has 0 saturated heterocycles. The molecule has 0 radical (unpaired) electrons. The minimum Gasteiger partial charge on any atom is -0.455 e. The van der Waals surface area contributed by atoms with Crippen LogP contribution < -0.4 is 0 Å². The van der Waals surface area contributed by atoms with E-state index in [1.807, 2.05) is 25.1 Å². The number of hydrogen-bond acceptors (Lipinski definition) is 3. The van der Waals surface area contributed by atoms with Crippen LogP contribution in [0.15, 0.2) is 21.6 Å². The Morgan fingerprint density at radius 3 is 3.00 bits per heavy atom. The van der Waals surface area contributed by atoms with Crippen molar-refractivity contribution in [2.24, 2.45) is 0 Å². The molecule has 0 atom stereocenters. The van der Waals surface area contributed by atoms with Crippen LogP contribution in [0.1, 0.15) is 5.76 Å². The second-order valence-electron chi connectivity index (χ2n) is 1.81. The van der Waals surface area contributed by atoms with Crippen LogP contribution in [0.25, 0.3) is 0 Å². The van der Waals surface area contributed by atoms with E-state index in [0.29, 0.717) is 5.75 Å². The maximum Gasteiger partial charge on any atom is 0.161 e. The van der Waals surface area contributed by atoms with Gasteiger partial charge >= 0.3 is 0 Å². The zero-order valence-electron chi connectivity index (χ0n) is 5.63.